The van der Waals surface area contributed by atoms with E-state index >= 15 is 0 Å². The van der Waals surface area contributed by atoms with Crippen LogP contribution < -0.4 is 16.1 Å². The Labute approximate surface area is 154 Å². The number of hydrogen-bond donors (Lipinski definition) is 2. The fraction of sp³-hybridized carbons (Fsp3) is 0.200. The quantitative estimate of drug-likeness (QED) is 0.639. The lowest BCUT2D eigenvalue weighted by Gasteiger charge is -2.26. The summed E-state index contributed by atoms with van der Waals surface area (Å²) in [5.74, 6) is 1.32. The molecule has 0 fully saturated rings. The number of aromatic nitrogens is 2. The molecule has 26 heavy (non-hydrogen) atoms. The van der Waals surface area contributed by atoms with Gasteiger partial charge in [0, 0.05) is 27.2 Å². The highest BCUT2D eigenvalue weighted by atomic mass is 15.5. The van der Waals surface area contributed by atoms with E-state index in [9.17, 15) is 0 Å². The van der Waals surface area contributed by atoms with Gasteiger partial charge in [0.05, 0.1) is 0 Å². The normalized spacial score (nSPS) is 10.7. The Bertz CT molecular complexity index is 779. The lowest BCUT2D eigenvalue weighted by molar-refractivity contribution is 0.492. The summed E-state index contributed by atoms with van der Waals surface area (Å²) >= 11 is 0. The van der Waals surface area contributed by atoms with Crippen molar-refractivity contribution >= 4 is 17.3 Å². The molecule has 0 spiro atoms. The Morgan fingerprint density at radius 1 is 0.846 bits per heavy atom. The van der Waals surface area contributed by atoms with Gasteiger partial charge < -0.3 is 16.1 Å². The highest BCUT2D eigenvalue weighted by molar-refractivity contribution is 5.74. The maximum Gasteiger partial charge on any atom is 0.169 e. The summed E-state index contributed by atoms with van der Waals surface area (Å²) < 4.78 is 0. The van der Waals surface area contributed by atoms with Gasteiger partial charge in [-0.15, -0.1) is 0 Å². The van der Waals surface area contributed by atoms with E-state index in [0.29, 0.717) is 24.6 Å². The highest BCUT2D eigenvalue weighted by Crippen LogP contribution is 2.28. The molecule has 0 aliphatic rings. The fourth-order valence-corrected chi connectivity index (χ4v) is 2.75. The van der Waals surface area contributed by atoms with Crippen LogP contribution in [0.1, 0.15) is 11.1 Å². The maximum absolute atomic E-state index is 6.38. The third kappa shape index (κ3) is 4.49. The van der Waals surface area contributed by atoms with Gasteiger partial charge in [-0.1, -0.05) is 60.7 Å². The number of anilines is 3. The Balaban J connectivity index is 1.94. The SMILES string of the molecule is CN(C)Nc1ncnc(N(Cc2ccccc2)Cc2ccccc2)c1N. The molecule has 0 aliphatic carbocycles. The smallest absolute Gasteiger partial charge is 0.169 e. The van der Waals surface area contributed by atoms with Crippen molar-refractivity contribution in [2.24, 2.45) is 0 Å². The Morgan fingerprint density at radius 2 is 1.38 bits per heavy atom. The Kier molecular flexibility index (Phi) is 5.66. The van der Waals surface area contributed by atoms with Gasteiger partial charge in [0.2, 0.25) is 0 Å². The van der Waals surface area contributed by atoms with Gasteiger partial charge in [-0.3, -0.25) is 0 Å². The van der Waals surface area contributed by atoms with E-state index in [2.05, 4.69) is 44.6 Å². The van der Waals surface area contributed by atoms with Crippen LogP contribution in [0.5, 0.6) is 0 Å². The minimum Gasteiger partial charge on any atom is -0.393 e. The van der Waals surface area contributed by atoms with Crippen LogP contribution in [0.25, 0.3) is 0 Å². The number of nitrogens with one attached hydrogen (secondary N) is 1. The number of hydrazine groups is 1. The van der Waals surface area contributed by atoms with E-state index < -0.39 is 0 Å². The van der Waals surface area contributed by atoms with Crippen molar-refractivity contribution in [3.05, 3.63) is 78.1 Å². The summed E-state index contributed by atoms with van der Waals surface area (Å²) in [5, 5.41) is 1.81. The second-order valence-electron chi connectivity index (χ2n) is 6.29. The van der Waals surface area contributed by atoms with E-state index in [4.69, 9.17) is 5.73 Å². The van der Waals surface area contributed by atoms with Crippen molar-refractivity contribution in [1.82, 2.24) is 15.0 Å². The largest absolute Gasteiger partial charge is 0.393 e. The molecule has 1 aromatic heterocycles. The first-order valence-corrected chi connectivity index (χ1v) is 8.50. The minimum atomic E-state index is 0.535. The molecule has 0 unspecified atom stereocenters. The van der Waals surface area contributed by atoms with Crippen LogP contribution in [-0.2, 0) is 13.1 Å². The third-order valence-corrected chi connectivity index (χ3v) is 3.92. The molecule has 3 aromatic rings. The fourth-order valence-electron chi connectivity index (χ4n) is 2.75. The monoisotopic (exact) mass is 348 g/mol. The number of nitrogens with two attached hydrogens (primary N) is 1. The molecule has 0 bridgehead atoms. The van der Waals surface area contributed by atoms with E-state index in [1.54, 1.807) is 11.3 Å². The number of hydrogen-bond acceptors (Lipinski definition) is 6. The van der Waals surface area contributed by atoms with Gasteiger partial charge in [0.25, 0.3) is 0 Å². The van der Waals surface area contributed by atoms with E-state index in [0.717, 1.165) is 5.82 Å². The molecule has 0 saturated carbocycles. The predicted octanol–water partition coefficient (Wildman–Crippen LogP) is 3.15. The molecule has 1 heterocycles. The number of benzene rings is 2. The van der Waals surface area contributed by atoms with Crippen LogP contribution in [0.2, 0.25) is 0 Å². The minimum absolute atomic E-state index is 0.535. The zero-order valence-corrected chi connectivity index (χ0v) is 15.1. The lowest BCUT2D eigenvalue weighted by Crippen LogP contribution is -2.26. The van der Waals surface area contributed by atoms with Crippen molar-refractivity contribution in [3.8, 4) is 0 Å². The van der Waals surface area contributed by atoms with Crippen molar-refractivity contribution in [1.29, 1.82) is 0 Å². The number of nitrogen functional groups attached to an aromatic ring is 1. The van der Waals surface area contributed by atoms with Gasteiger partial charge in [-0.05, 0) is 11.1 Å². The van der Waals surface area contributed by atoms with E-state index in [1.165, 1.54) is 11.1 Å². The van der Waals surface area contributed by atoms with Crippen LogP contribution >= 0.6 is 0 Å². The summed E-state index contributed by atoms with van der Waals surface area (Å²) in [4.78, 5) is 10.9. The van der Waals surface area contributed by atoms with Crippen molar-refractivity contribution < 1.29 is 0 Å². The standard InChI is InChI=1S/C20H24N6/c1-25(2)24-19-18(21)20(23-15-22-19)26(13-16-9-5-3-6-10-16)14-17-11-7-4-8-12-17/h3-12,15H,13-14,21H2,1-2H3,(H,22,23,24). The van der Waals surface area contributed by atoms with E-state index in [-0.39, 0.29) is 0 Å². The van der Waals surface area contributed by atoms with Crippen LogP contribution in [0.15, 0.2) is 67.0 Å². The first kappa shape index (κ1) is 17.7. The molecule has 2 aromatic carbocycles. The zero-order chi connectivity index (χ0) is 18.4. The Hall–Kier alpha value is -3.12. The second-order valence-corrected chi connectivity index (χ2v) is 6.29. The van der Waals surface area contributed by atoms with Crippen molar-refractivity contribution in [2.45, 2.75) is 13.1 Å². The van der Waals surface area contributed by atoms with Gasteiger partial charge >= 0.3 is 0 Å². The summed E-state index contributed by atoms with van der Waals surface area (Å²) in [7, 11) is 3.79. The molecule has 3 N–H and O–H groups in total. The van der Waals surface area contributed by atoms with Crippen LogP contribution in [0.3, 0.4) is 0 Å². The van der Waals surface area contributed by atoms with Crippen molar-refractivity contribution in [2.75, 3.05) is 30.2 Å². The topological polar surface area (TPSA) is 70.3 Å². The zero-order valence-electron chi connectivity index (χ0n) is 15.1. The average molecular weight is 348 g/mol. The highest BCUT2D eigenvalue weighted by Gasteiger charge is 2.16. The molecule has 0 radical (unpaired) electrons. The van der Waals surface area contributed by atoms with Crippen molar-refractivity contribution in [3.63, 3.8) is 0 Å². The van der Waals surface area contributed by atoms with Gasteiger partial charge in [0.15, 0.2) is 11.6 Å². The molecule has 0 amide bonds. The molecule has 0 saturated heterocycles. The molecular weight excluding hydrogens is 324 g/mol. The third-order valence-electron chi connectivity index (χ3n) is 3.92. The predicted molar refractivity (Wildman–Crippen MR) is 107 cm³/mol. The second kappa shape index (κ2) is 8.31. The first-order chi connectivity index (χ1) is 12.6. The average Bonchev–Trinajstić information content (AvgIpc) is 2.64. The molecule has 0 atom stereocenters. The lowest BCUT2D eigenvalue weighted by atomic mass is 10.1. The Morgan fingerprint density at radius 3 is 1.88 bits per heavy atom. The maximum atomic E-state index is 6.38. The molecule has 3 rings (SSSR count). The molecule has 6 heteroatoms. The number of rotatable bonds is 7. The van der Waals surface area contributed by atoms with Gasteiger partial charge in [0.1, 0.15) is 12.0 Å². The van der Waals surface area contributed by atoms with Crippen LogP contribution in [0, 0.1) is 0 Å². The summed E-state index contributed by atoms with van der Waals surface area (Å²) in [6.07, 6.45) is 1.54. The van der Waals surface area contributed by atoms with Crippen LogP contribution in [0.4, 0.5) is 17.3 Å². The summed E-state index contributed by atoms with van der Waals surface area (Å²) in [5.41, 5.74) is 12.4. The first-order valence-electron chi connectivity index (χ1n) is 8.50. The number of nitrogens with zero attached hydrogens (tertiary/aromatic N) is 4. The molecule has 0 aliphatic heterocycles. The molecular formula is C20H24N6. The van der Waals surface area contributed by atoms with Gasteiger partial charge in [-0.2, -0.15) is 0 Å². The van der Waals surface area contributed by atoms with Gasteiger partial charge in [-0.25, -0.2) is 15.0 Å². The summed E-state index contributed by atoms with van der Waals surface area (Å²) in [6.45, 7) is 1.41. The van der Waals surface area contributed by atoms with E-state index in [1.807, 2.05) is 50.5 Å². The molecule has 6 nitrogen and oxygen atoms in total. The molecule has 134 valence electrons. The van der Waals surface area contributed by atoms with Crippen LogP contribution in [-0.4, -0.2) is 29.1 Å². The summed E-state index contributed by atoms with van der Waals surface area (Å²) in [6, 6.07) is 20.6.